The van der Waals surface area contributed by atoms with Crippen LogP contribution in [0.3, 0.4) is 0 Å². The van der Waals surface area contributed by atoms with Gasteiger partial charge < -0.3 is 10.6 Å². The Morgan fingerprint density at radius 3 is 2.36 bits per heavy atom. The lowest BCUT2D eigenvalue weighted by Gasteiger charge is -2.39. The van der Waals surface area contributed by atoms with Gasteiger partial charge in [-0.05, 0) is 19.8 Å². The third-order valence-electron chi connectivity index (χ3n) is 2.31. The van der Waals surface area contributed by atoms with Crippen molar-refractivity contribution in [1.29, 1.82) is 0 Å². The van der Waals surface area contributed by atoms with Crippen LogP contribution in [0.2, 0.25) is 0 Å². The SMILES string of the molecule is CC(C)[C@H]1CNCC(C)(C)N1. The van der Waals surface area contributed by atoms with E-state index in [-0.39, 0.29) is 5.54 Å². The molecule has 0 radical (unpaired) electrons. The molecule has 11 heavy (non-hydrogen) atoms. The Morgan fingerprint density at radius 2 is 2.00 bits per heavy atom. The highest BCUT2D eigenvalue weighted by molar-refractivity contribution is 4.91. The molecule has 1 rings (SSSR count). The minimum Gasteiger partial charge on any atom is -0.313 e. The third kappa shape index (κ3) is 2.46. The summed E-state index contributed by atoms with van der Waals surface area (Å²) in [5.74, 6) is 0.724. The van der Waals surface area contributed by atoms with Crippen LogP contribution in [0.25, 0.3) is 0 Å². The molecule has 66 valence electrons. The summed E-state index contributed by atoms with van der Waals surface area (Å²) in [6, 6.07) is 0.638. The average molecular weight is 156 g/mol. The van der Waals surface area contributed by atoms with Crippen LogP contribution < -0.4 is 10.6 Å². The minimum absolute atomic E-state index is 0.271. The van der Waals surface area contributed by atoms with E-state index in [9.17, 15) is 0 Å². The maximum absolute atomic E-state index is 3.63. The maximum Gasteiger partial charge on any atom is 0.0252 e. The molecule has 1 fully saturated rings. The molecule has 0 aliphatic carbocycles. The Morgan fingerprint density at radius 1 is 1.36 bits per heavy atom. The van der Waals surface area contributed by atoms with Crippen LogP contribution in [0.15, 0.2) is 0 Å². The number of hydrogen-bond acceptors (Lipinski definition) is 2. The van der Waals surface area contributed by atoms with Gasteiger partial charge in [0, 0.05) is 24.7 Å². The zero-order valence-corrected chi connectivity index (χ0v) is 8.07. The quantitative estimate of drug-likeness (QED) is 0.591. The Labute approximate surface area is 69.8 Å². The van der Waals surface area contributed by atoms with E-state index in [0.717, 1.165) is 19.0 Å². The normalized spacial score (nSPS) is 30.8. The number of hydrogen-bond donors (Lipinski definition) is 2. The smallest absolute Gasteiger partial charge is 0.0252 e. The van der Waals surface area contributed by atoms with Crippen molar-refractivity contribution in [1.82, 2.24) is 10.6 Å². The molecule has 0 unspecified atom stereocenters. The molecule has 0 aromatic carbocycles. The van der Waals surface area contributed by atoms with Crippen molar-refractivity contribution >= 4 is 0 Å². The molecule has 2 heteroatoms. The van der Waals surface area contributed by atoms with E-state index in [2.05, 4.69) is 38.3 Å². The van der Waals surface area contributed by atoms with Crippen molar-refractivity contribution in [3.8, 4) is 0 Å². The van der Waals surface area contributed by atoms with Gasteiger partial charge in [-0.3, -0.25) is 0 Å². The van der Waals surface area contributed by atoms with E-state index < -0.39 is 0 Å². The molecule has 0 amide bonds. The summed E-state index contributed by atoms with van der Waals surface area (Å²) in [6.45, 7) is 11.2. The van der Waals surface area contributed by atoms with Gasteiger partial charge in [0.1, 0.15) is 0 Å². The predicted molar refractivity (Wildman–Crippen MR) is 48.7 cm³/mol. The first-order valence-electron chi connectivity index (χ1n) is 4.50. The molecule has 1 heterocycles. The summed E-state index contributed by atoms with van der Waals surface area (Å²) in [5.41, 5.74) is 0.271. The summed E-state index contributed by atoms with van der Waals surface area (Å²) in [5, 5.41) is 7.07. The van der Waals surface area contributed by atoms with Gasteiger partial charge in [0.25, 0.3) is 0 Å². The first-order chi connectivity index (χ1) is 5.01. The highest BCUT2D eigenvalue weighted by Gasteiger charge is 2.27. The van der Waals surface area contributed by atoms with Crippen molar-refractivity contribution < 1.29 is 0 Å². The fourth-order valence-electron chi connectivity index (χ4n) is 1.55. The summed E-state index contributed by atoms with van der Waals surface area (Å²) < 4.78 is 0. The zero-order chi connectivity index (χ0) is 8.48. The van der Waals surface area contributed by atoms with E-state index in [0.29, 0.717) is 6.04 Å². The van der Waals surface area contributed by atoms with Crippen LogP contribution >= 0.6 is 0 Å². The molecule has 2 nitrogen and oxygen atoms in total. The van der Waals surface area contributed by atoms with Crippen molar-refractivity contribution in [3.05, 3.63) is 0 Å². The van der Waals surface area contributed by atoms with Crippen LogP contribution in [0.5, 0.6) is 0 Å². The van der Waals surface area contributed by atoms with Crippen LogP contribution in [0.1, 0.15) is 27.7 Å². The molecule has 0 aromatic heterocycles. The Kier molecular flexibility index (Phi) is 2.55. The van der Waals surface area contributed by atoms with E-state index in [1.54, 1.807) is 0 Å². The van der Waals surface area contributed by atoms with E-state index >= 15 is 0 Å². The molecule has 0 saturated carbocycles. The van der Waals surface area contributed by atoms with Crippen molar-refractivity contribution in [2.24, 2.45) is 5.92 Å². The van der Waals surface area contributed by atoms with Gasteiger partial charge in [0.05, 0.1) is 0 Å². The maximum atomic E-state index is 3.63. The molecule has 0 bridgehead atoms. The standard InChI is InChI=1S/C9H20N2/c1-7(2)8-5-10-6-9(3,4)11-8/h7-8,10-11H,5-6H2,1-4H3/t8-/m1/s1. The van der Waals surface area contributed by atoms with Crippen molar-refractivity contribution in [2.75, 3.05) is 13.1 Å². The summed E-state index contributed by atoms with van der Waals surface area (Å²) in [6.07, 6.45) is 0. The molecule has 1 aliphatic heterocycles. The lowest BCUT2D eigenvalue weighted by molar-refractivity contribution is 0.225. The lowest BCUT2D eigenvalue weighted by Crippen LogP contribution is -2.62. The summed E-state index contributed by atoms with van der Waals surface area (Å²) >= 11 is 0. The molecule has 1 atom stereocenters. The summed E-state index contributed by atoms with van der Waals surface area (Å²) in [4.78, 5) is 0. The Hall–Kier alpha value is -0.0800. The van der Waals surface area contributed by atoms with E-state index in [4.69, 9.17) is 0 Å². The Balaban J connectivity index is 2.46. The van der Waals surface area contributed by atoms with Crippen LogP contribution in [0.4, 0.5) is 0 Å². The fourth-order valence-corrected chi connectivity index (χ4v) is 1.55. The second-order valence-corrected chi connectivity index (χ2v) is 4.51. The van der Waals surface area contributed by atoms with Gasteiger partial charge in [0.15, 0.2) is 0 Å². The average Bonchev–Trinajstić information content (AvgIpc) is 1.85. The second kappa shape index (κ2) is 3.11. The molecule has 2 N–H and O–H groups in total. The van der Waals surface area contributed by atoms with E-state index in [1.807, 2.05) is 0 Å². The highest BCUT2D eigenvalue weighted by Crippen LogP contribution is 2.11. The van der Waals surface area contributed by atoms with Crippen molar-refractivity contribution in [2.45, 2.75) is 39.3 Å². The van der Waals surface area contributed by atoms with E-state index in [1.165, 1.54) is 0 Å². The molecule has 0 spiro atoms. The first-order valence-corrected chi connectivity index (χ1v) is 4.50. The van der Waals surface area contributed by atoms with Gasteiger partial charge in [-0.1, -0.05) is 13.8 Å². The molecular weight excluding hydrogens is 136 g/mol. The predicted octanol–water partition coefficient (Wildman–Crippen LogP) is 0.982. The Bertz CT molecular complexity index is 130. The molecular formula is C9H20N2. The largest absolute Gasteiger partial charge is 0.313 e. The molecule has 1 aliphatic rings. The van der Waals surface area contributed by atoms with Gasteiger partial charge in [-0.25, -0.2) is 0 Å². The van der Waals surface area contributed by atoms with Crippen LogP contribution in [-0.2, 0) is 0 Å². The van der Waals surface area contributed by atoms with Crippen LogP contribution in [0, 0.1) is 5.92 Å². The molecule has 0 aromatic rings. The highest BCUT2D eigenvalue weighted by atomic mass is 15.1. The van der Waals surface area contributed by atoms with Gasteiger partial charge in [0.2, 0.25) is 0 Å². The fraction of sp³-hybridized carbons (Fsp3) is 1.00. The number of nitrogens with one attached hydrogen (secondary N) is 2. The zero-order valence-electron chi connectivity index (χ0n) is 8.07. The number of rotatable bonds is 1. The van der Waals surface area contributed by atoms with Crippen LogP contribution in [-0.4, -0.2) is 24.7 Å². The topological polar surface area (TPSA) is 24.1 Å². The van der Waals surface area contributed by atoms with Gasteiger partial charge >= 0.3 is 0 Å². The van der Waals surface area contributed by atoms with Crippen molar-refractivity contribution in [3.63, 3.8) is 0 Å². The first kappa shape index (κ1) is 9.01. The second-order valence-electron chi connectivity index (χ2n) is 4.51. The van der Waals surface area contributed by atoms with Gasteiger partial charge in [-0.2, -0.15) is 0 Å². The third-order valence-corrected chi connectivity index (χ3v) is 2.31. The minimum atomic E-state index is 0.271. The number of piperazine rings is 1. The monoisotopic (exact) mass is 156 g/mol. The lowest BCUT2D eigenvalue weighted by atomic mass is 9.95. The van der Waals surface area contributed by atoms with Gasteiger partial charge in [-0.15, -0.1) is 0 Å². The summed E-state index contributed by atoms with van der Waals surface area (Å²) in [7, 11) is 0. The molecule has 1 saturated heterocycles.